The molecule has 0 saturated carbocycles. The molecule has 2 amide bonds. The van der Waals surface area contributed by atoms with Gasteiger partial charge in [-0.1, -0.05) is 12.1 Å². The molecule has 2 saturated heterocycles. The predicted molar refractivity (Wildman–Crippen MR) is 125 cm³/mol. The van der Waals surface area contributed by atoms with E-state index in [2.05, 4.69) is 51.3 Å². The molecule has 1 N–H and O–H groups in total. The number of likely N-dealkylation sites (tertiary alicyclic amines) is 1. The number of rotatable bonds is 8. The zero-order valence-electron chi connectivity index (χ0n) is 19.8. The lowest BCUT2D eigenvalue weighted by Gasteiger charge is -2.33. The van der Waals surface area contributed by atoms with Crippen LogP contribution in [-0.4, -0.2) is 92.0 Å². The number of carbonyl (C=O) groups excluding carboxylic acids is 2. The number of fused-ring (bicyclic) bond motifs is 1. The molecule has 31 heavy (non-hydrogen) atoms. The van der Waals surface area contributed by atoms with Crippen molar-refractivity contribution in [3.8, 4) is 0 Å². The number of hydrogen-bond donors (Lipinski definition) is 1. The second-order valence-electron chi connectivity index (χ2n) is 9.00. The molecule has 0 bridgehead atoms. The fourth-order valence-electron chi connectivity index (χ4n) is 4.98. The van der Waals surface area contributed by atoms with Gasteiger partial charge in [0.25, 0.3) is 0 Å². The molecule has 0 unspecified atom stereocenters. The van der Waals surface area contributed by atoms with E-state index in [1.54, 1.807) is 0 Å². The largest absolute Gasteiger partial charge is 0.378 e. The van der Waals surface area contributed by atoms with Gasteiger partial charge < -0.3 is 15.1 Å². The summed E-state index contributed by atoms with van der Waals surface area (Å²) in [6.45, 7) is 7.84. The van der Waals surface area contributed by atoms with Gasteiger partial charge in [0, 0.05) is 71.0 Å². The number of carbonyl (C=O) groups is 2. The van der Waals surface area contributed by atoms with Crippen molar-refractivity contribution in [2.75, 3.05) is 52.2 Å². The van der Waals surface area contributed by atoms with E-state index in [0.717, 1.165) is 39.0 Å². The molecule has 1 aromatic rings. The minimum atomic E-state index is -0.137. The van der Waals surface area contributed by atoms with Crippen LogP contribution < -0.4 is 10.2 Å². The Balaban J connectivity index is 1.64. The Kier molecular flexibility index (Phi) is 7.94. The average Bonchev–Trinajstić information content (AvgIpc) is 3.13. The Hall–Kier alpha value is -2.12. The summed E-state index contributed by atoms with van der Waals surface area (Å²) in [6, 6.07) is 8.82. The second-order valence-corrected chi connectivity index (χ2v) is 9.00. The Morgan fingerprint density at radius 2 is 1.84 bits per heavy atom. The van der Waals surface area contributed by atoms with Crippen LogP contribution in [0, 0.1) is 0 Å². The van der Waals surface area contributed by atoms with Crippen molar-refractivity contribution in [3.63, 3.8) is 0 Å². The predicted octanol–water partition coefficient (Wildman–Crippen LogP) is 1.77. The number of anilines is 1. The first-order valence-corrected chi connectivity index (χ1v) is 11.6. The Morgan fingerprint density at radius 3 is 2.45 bits per heavy atom. The van der Waals surface area contributed by atoms with Crippen LogP contribution in [0.2, 0.25) is 0 Å². The van der Waals surface area contributed by atoms with E-state index in [1.165, 1.54) is 11.3 Å². The minimum Gasteiger partial charge on any atom is -0.378 e. The summed E-state index contributed by atoms with van der Waals surface area (Å²) in [6.07, 6.45) is 2.29. The molecule has 7 heteroatoms. The van der Waals surface area contributed by atoms with Crippen molar-refractivity contribution >= 4 is 17.5 Å². The van der Waals surface area contributed by atoms with E-state index < -0.39 is 0 Å². The van der Waals surface area contributed by atoms with E-state index in [9.17, 15) is 9.59 Å². The van der Waals surface area contributed by atoms with Gasteiger partial charge in [-0.3, -0.25) is 19.4 Å². The average molecular weight is 430 g/mol. The first-order chi connectivity index (χ1) is 14.8. The molecule has 1 aromatic carbocycles. The van der Waals surface area contributed by atoms with Gasteiger partial charge in [0.05, 0.1) is 0 Å². The molecule has 3 atom stereocenters. The standard InChI is InChI=1S/C24H39N5O2/c1-6-28(7-2)22(30)13-12-20-16-25-24(31)23-21(27(20)5)14-15-29(23)17-18-8-10-19(11-9-18)26(3)4/h8-11,20-21,23H,6-7,12-17H2,1-5H3,(H,25,31)/t20-,21+,23-/m0/s1. The number of amides is 2. The zero-order valence-corrected chi connectivity index (χ0v) is 19.8. The second kappa shape index (κ2) is 10.5. The van der Waals surface area contributed by atoms with Gasteiger partial charge in [-0.2, -0.15) is 0 Å². The van der Waals surface area contributed by atoms with Gasteiger partial charge in [-0.25, -0.2) is 0 Å². The van der Waals surface area contributed by atoms with Gasteiger partial charge in [-0.15, -0.1) is 0 Å². The molecule has 3 rings (SSSR count). The third-order valence-electron chi connectivity index (χ3n) is 7.00. The van der Waals surface area contributed by atoms with Crippen molar-refractivity contribution in [1.29, 1.82) is 0 Å². The molecule has 2 fully saturated rings. The highest BCUT2D eigenvalue weighted by atomic mass is 16.2. The van der Waals surface area contributed by atoms with E-state index in [-0.39, 0.29) is 29.9 Å². The Bertz CT molecular complexity index is 747. The lowest BCUT2D eigenvalue weighted by molar-refractivity contribution is -0.131. The van der Waals surface area contributed by atoms with Gasteiger partial charge in [0.2, 0.25) is 11.8 Å². The van der Waals surface area contributed by atoms with Gasteiger partial charge >= 0.3 is 0 Å². The number of nitrogens with one attached hydrogen (secondary N) is 1. The van der Waals surface area contributed by atoms with E-state index >= 15 is 0 Å². The van der Waals surface area contributed by atoms with Crippen molar-refractivity contribution in [2.24, 2.45) is 0 Å². The third-order valence-corrected chi connectivity index (χ3v) is 7.00. The maximum Gasteiger partial charge on any atom is 0.239 e. The maximum atomic E-state index is 13.0. The SMILES string of the molecule is CCN(CC)C(=O)CC[C@H]1CNC(=O)[C@@H]2[C@@H](CCN2Cc2ccc(N(C)C)cc2)N1C. The first-order valence-electron chi connectivity index (χ1n) is 11.6. The van der Waals surface area contributed by atoms with Gasteiger partial charge in [0.1, 0.15) is 6.04 Å². The minimum absolute atomic E-state index is 0.122. The highest BCUT2D eigenvalue weighted by molar-refractivity contribution is 5.83. The van der Waals surface area contributed by atoms with Crippen LogP contribution in [0.3, 0.4) is 0 Å². The topological polar surface area (TPSA) is 59.1 Å². The number of nitrogens with zero attached hydrogens (tertiary/aromatic N) is 4. The van der Waals surface area contributed by atoms with Crippen molar-refractivity contribution in [2.45, 2.75) is 57.8 Å². The summed E-state index contributed by atoms with van der Waals surface area (Å²) < 4.78 is 0. The fraction of sp³-hybridized carbons (Fsp3) is 0.667. The number of benzene rings is 1. The highest BCUT2D eigenvalue weighted by Crippen LogP contribution is 2.29. The Labute approximate surface area is 187 Å². The van der Waals surface area contributed by atoms with Crippen LogP contribution in [0.5, 0.6) is 0 Å². The van der Waals surface area contributed by atoms with Crippen LogP contribution in [0.4, 0.5) is 5.69 Å². The van der Waals surface area contributed by atoms with Gasteiger partial charge in [0.15, 0.2) is 0 Å². The Morgan fingerprint density at radius 1 is 1.16 bits per heavy atom. The van der Waals surface area contributed by atoms with Gasteiger partial charge in [-0.05, 0) is 51.4 Å². The first kappa shape index (κ1) is 23.5. The number of hydrogen-bond acceptors (Lipinski definition) is 5. The summed E-state index contributed by atoms with van der Waals surface area (Å²) in [4.78, 5) is 34.1. The quantitative estimate of drug-likeness (QED) is 0.683. The normalized spacial score (nSPS) is 24.4. The van der Waals surface area contributed by atoms with Crippen LogP contribution in [0.15, 0.2) is 24.3 Å². The summed E-state index contributed by atoms with van der Waals surface area (Å²) in [5.41, 5.74) is 2.41. The van der Waals surface area contributed by atoms with E-state index in [1.807, 2.05) is 32.8 Å². The van der Waals surface area contributed by atoms with Crippen LogP contribution in [0.25, 0.3) is 0 Å². The summed E-state index contributed by atoms with van der Waals surface area (Å²) in [5.74, 6) is 0.330. The monoisotopic (exact) mass is 429 g/mol. The van der Waals surface area contributed by atoms with Crippen LogP contribution in [0.1, 0.15) is 38.7 Å². The van der Waals surface area contributed by atoms with Crippen molar-refractivity contribution in [3.05, 3.63) is 29.8 Å². The third kappa shape index (κ3) is 5.39. The molecular formula is C24H39N5O2. The molecule has 2 heterocycles. The molecule has 0 aliphatic carbocycles. The molecule has 0 radical (unpaired) electrons. The molecule has 0 aromatic heterocycles. The van der Waals surface area contributed by atoms with E-state index in [4.69, 9.17) is 0 Å². The molecule has 2 aliphatic heterocycles. The summed E-state index contributed by atoms with van der Waals surface area (Å²) >= 11 is 0. The molecule has 0 spiro atoms. The van der Waals surface area contributed by atoms with Crippen molar-refractivity contribution < 1.29 is 9.59 Å². The zero-order chi connectivity index (χ0) is 22.5. The summed E-state index contributed by atoms with van der Waals surface area (Å²) in [7, 11) is 6.20. The van der Waals surface area contributed by atoms with Crippen molar-refractivity contribution in [1.82, 2.24) is 20.0 Å². The molecule has 2 aliphatic rings. The molecule has 172 valence electrons. The highest BCUT2D eigenvalue weighted by Gasteiger charge is 2.44. The molecular weight excluding hydrogens is 390 g/mol. The van der Waals surface area contributed by atoms with Crippen LogP contribution in [-0.2, 0) is 16.1 Å². The smallest absolute Gasteiger partial charge is 0.239 e. The summed E-state index contributed by atoms with van der Waals surface area (Å²) in [5, 5.41) is 3.16. The van der Waals surface area contributed by atoms with E-state index in [0.29, 0.717) is 13.0 Å². The fourth-order valence-corrected chi connectivity index (χ4v) is 4.98. The maximum absolute atomic E-state index is 13.0. The van der Waals surface area contributed by atoms with Crippen LogP contribution >= 0.6 is 0 Å². The lowest BCUT2D eigenvalue weighted by atomic mass is 10.0. The lowest BCUT2D eigenvalue weighted by Crippen LogP contribution is -2.49. The molecule has 7 nitrogen and oxygen atoms in total. The number of likely N-dealkylation sites (N-methyl/N-ethyl adjacent to an activating group) is 1.